The van der Waals surface area contributed by atoms with Crippen LogP contribution < -0.4 is 0 Å². The van der Waals surface area contributed by atoms with Crippen LogP contribution in [0.5, 0.6) is 0 Å². The highest BCUT2D eigenvalue weighted by molar-refractivity contribution is 5.94. The van der Waals surface area contributed by atoms with Gasteiger partial charge in [0, 0.05) is 25.8 Å². The van der Waals surface area contributed by atoms with E-state index in [1.54, 1.807) is 4.90 Å². The predicted molar refractivity (Wildman–Crippen MR) is 66.8 cm³/mol. The zero-order valence-electron chi connectivity index (χ0n) is 10.8. The quantitative estimate of drug-likeness (QED) is 0.913. The maximum absolute atomic E-state index is 13.7. The van der Waals surface area contributed by atoms with Crippen LogP contribution in [-0.4, -0.2) is 35.6 Å². The lowest BCUT2D eigenvalue weighted by molar-refractivity contribution is 0.0780. The largest absolute Gasteiger partial charge is 0.396 e. The van der Waals surface area contributed by atoms with E-state index in [2.05, 4.69) is 0 Å². The number of hydrogen-bond acceptors (Lipinski definition) is 2. The van der Waals surface area contributed by atoms with Gasteiger partial charge in [-0.2, -0.15) is 0 Å². The van der Waals surface area contributed by atoms with Crippen LogP contribution in [0.15, 0.2) is 12.1 Å². The Bertz CT molecular complexity index is 491. The van der Waals surface area contributed by atoms with Crippen LogP contribution in [-0.2, 0) is 0 Å². The van der Waals surface area contributed by atoms with Crippen LogP contribution in [0.25, 0.3) is 0 Å². The van der Waals surface area contributed by atoms with Crippen molar-refractivity contribution in [3.05, 3.63) is 34.9 Å². The van der Waals surface area contributed by atoms with E-state index in [0.29, 0.717) is 19.5 Å². The smallest absolute Gasteiger partial charge is 0.256 e. The number of likely N-dealkylation sites (tertiary alicyclic amines) is 1. The van der Waals surface area contributed by atoms with Gasteiger partial charge in [-0.05, 0) is 37.3 Å². The van der Waals surface area contributed by atoms with Gasteiger partial charge in [0.05, 0.1) is 5.56 Å². The molecule has 104 valence electrons. The number of amides is 1. The maximum atomic E-state index is 13.7. The van der Waals surface area contributed by atoms with Crippen LogP contribution in [0.2, 0.25) is 0 Å². The fraction of sp³-hybridized carbons (Fsp3) is 0.500. The minimum absolute atomic E-state index is 0.0800. The zero-order valence-corrected chi connectivity index (χ0v) is 10.8. The van der Waals surface area contributed by atoms with E-state index in [0.717, 1.165) is 12.5 Å². The summed E-state index contributed by atoms with van der Waals surface area (Å²) in [7, 11) is 0. The summed E-state index contributed by atoms with van der Waals surface area (Å²) in [6, 6.07) is 2.01. The number of carbonyl (C=O) groups excluding carboxylic acids is 1. The van der Waals surface area contributed by atoms with Crippen LogP contribution in [0, 0.1) is 24.5 Å². The van der Waals surface area contributed by atoms with E-state index in [9.17, 15) is 13.6 Å². The van der Waals surface area contributed by atoms with E-state index in [4.69, 9.17) is 5.11 Å². The fourth-order valence-electron chi connectivity index (χ4n) is 2.43. The highest BCUT2D eigenvalue weighted by Crippen LogP contribution is 2.23. The Morgan fingerprint density at radius 1 is 1.42 bits per heavy atom. The summed E-state index contributed by atoms with van der Waals surface area (Å²) < 4.78 is 26.8. The molecule has 0 aliphatic carbocycles. The molecule has 0 radical (unpaired) electrons. The summed E-state index contributed by atoms with van der Waals surface area (Å²) in [5, 5.41) is 8.87. The first-order valence-corrected chi connectivity index (χ1v) is 6.38. The molecule has 0 aromatic heterocycles. The molecule has 5 heteroatoms. The Hall–Kier alpha value is -1.49. The Labute approximate surface area is 110 Å². The molecule has 1 saturated heterocycles. The number of rotatable bonds is 3. The standard InChI is InChI=1S/C14H17F2NO2/c1-9-6-11(13(16)7-12(9)15)14(19)17-4-2-10(8-17)3-5-18/h6-7,10,18H,2-5,8H2,1H3. The second kappa shape index (κ2) is 5.65. The first-order valence-electron chi connectivity index (χ1n) is 6.38. The average Bonchev–Trinajstić information content (AvgIpc) is 2.82. The lowest BCUT2D eigenvalue weighted by Gasteiger charge is -2.17. The molecular formula is C14H17F2NO2. The zero-order chi connectivity index (χ0) is 14.0. The third kappa shape index (κ3) is 2.92. The van der Waals surface area contributed by atoms with Gasteiger partial charge in [-0.15, -0.1) is 0 Å². The SMILES string of the molecule is Cc1cc(C(=O)N2CCC(CCO)C2)c(F)cc1F. The van der Waals surface area contributed by atoms with Crippen molar-refractivity contribution < 1.29 is 18.7 Å². The molecule has 3 nitrogen and oxygen atoms in total. The molecule has 1 aliphatic rings. The highest BCUT2D eigenvalue weighted by atomic mass is 19.1. The topological polar surface area (TPSA) is 40.5 Å². The van der Waals surface area contributed by atoms with Crippen LogP contribution in [0.3, 0.4) is 0 Å². The normalized spacial score (nSPS) is 18.9. The van der Waals surface area contributed by atoms with Gasteiger partial charge >= 0.3 is 0 Å². The Balaban J connectivity index is 2.15. The summed E-state index contributed by atoms with van der Waals surface area (Å²) in [6.07, 6.45) is 1.46. The van der Waals surface area contributed by atoms with Gasteiger partial charge in [-0.3, -0.25) is 4.79 Å². The lowest BCUT2D eigenvalue weighted by Crippen LogP contribution is -2.29. The van der Waals surface area contributed by atoms with Crippen molar-refractivity contribution in [3.63, 3.8) is 0 Å². The predicted octanol–water partition coefficient (Wildman–Crippen LogP) is 2.12. The summed E-state index contributed by atoms with van der Waals surface area (Å²) in [5.41, 5.74) is 0.180. The van der Waals surface area contributed by atoms with Gasteiger partial charge in [0.25, 0.3) is 5.91 Å². The lowest BCUT2D eigenvalue weighted by atomic mass is 10.1. The Morgan fingerprint density at radius 2 is 2.16 bits per heavy atom. The van der Waals surface area contributed by atoms with E-state index >= 15 is 0 Å². The summed E-state index contributed by atoms with van der Waals surface area (Å²) in [6.45, 7) is 2.68. The van der Waals surface area contributed by atoms with Crippen LogP contribution in [0.1, 0.15) is 28.8 Å². The minimum atomic E-state index is -0.821. The monoisotopic (exact) mass is 269 g/mol. The van der Waals surface area contributed by atoms with E-state index in [1.165, 1.54) is 13.0 Å². The first-order chi connectivity index (χ1) is 9.02. The van der Waals surface area contributed by atoms with Crippen LogP contribution in [0.4, 0.5) is 8.78 Å². The second-order valence-electron chi connectivity index (χ2n) is 5.00. The molecule has 1 N–H and O–H groups in total. The van der Waals surface area contributed by atoms with Crippen molar-refractivity contribution >= 4 is 5.91 Å². The highest BCUT2D eigenvalue weighted by Gasteiger charge is 2.28. The molecule has 0 saturated carbocycles. The molecule has 0 spiro atoms. The van der Waals surface area contributed by atoms with Gasteiger partial charge in [0.2, 0.25) is 0 Å². The van der Waals surface area contributed by atoms with Crippen molar-refractivity contribution in [1.29, 1.82) is 0 Å². The van der Waals surface area contributed by atoms with E-state index < -0.39 is 17.5 Å². The first kappa shape index (κ1) is 13.9. The average molecular weight is 269 g/mol. The number of carbonyl (C=O) groups is 1. The number of hydrogen-bond donors (Lipinski definition) is 1. The summed E-state index contributed by atoms with van der Waals surface area (Å²) in [5.74, 6) is -1.60. The minimum Gasteiger partial charge on any atom is -0.396 e. The molecule has 1 unspecified atom stereocenters. The van der Waals surface area contributed by atoms with Gasteiger partial charge in [0.1, 0.15) is 11.6 Å². The molecule has 1 fully saturated rings. The Morgan fingerprint density at radius 3 is 2.84 bits per heavy atom. The van der Waals surface area contributed by atoms with Gasteiger partial charge in [-0.25, -0.2) is 8.78 Å². The number of aryl methyl sites for hydroxylation is 1. The van der Waals surface area contributed by atoms with Gasteiger partial charge < -0.3 is 10.0 Å². The molecule has 1 atom stereocenters. The molecule has 1 aromatic carbocycles. The van der Waals surface area contributed by atoms with E-state index in [1.807, 2.05) is 0 Å². The molecular weight excluding hydrogens is 252 g/mol. The number of aliphatic hydroxyl groups excluding tert-OH is 1. The fourth-order valence-corrected chi connectivity index (χ4v) is 2.43. The van der Waals surface area contributed by atoms with Crippen molar-refractivity contribution in [1.82, 2.24) is 4.90 Å². The Kier molecular flexibility index (Phi) is 4.14. The third-order valence-electron chi connectivity index (χ3n) is 3.59. The second-order valence-corrected chi connectivity index (χ2v) is 5.00. The van der Waals surface area contributed by atoms with Crippen molar-refractivity contribution in [2.24, 2.45) is 5.92 Å². The van der Waals surface area contributed by atoms with E-state index in [-0.39, 0.29) is 23.7 Å². The van der Waals surface area contributed by atoms with Gasteiger partial charge in [0.15, 0.2) is 0 Å². The van der Waals surface area contributed by atoms with Gasteiger partial charge in [-0.1, -0.05) is 0 Å². The molecule has 2 rings (SSSR count). The van der Waals surface area contributed by atoms with Crippen molar-refractivity contribution in [2.75, 3.05) is 19.7 Å². The number of halogens is 2. The number of benzene rings is 1. The van der Waals surface area contributed by atoms with Crippen molar-refractivity contribution in [2.45, 2.75) is 19.8 Å². The molecule has 1 amide bonds. The third-order valence-corrected chi connectivity index (χ3v) is 3.59. The number of aliphatic hydroxyl groups is 1. The molecule has 19 heavy (non-hydrogen) atoms. The molecule has 1 aromatic rings. The summed E-state index contributed by atoms with van der Waals surface area (Å²) in [4.78, 5) is 13.7. The number of nitrogens with zero attached hydrogens (tertiary/aromatic N) is 1. The molecule has 0 bridgehead atoms. The molecule has 1 aliphatic heterocycles. The molecule has 1 heterocycles. The van der Waals surface area contributed by atoms with Crippen molar-refractivity contribution in [3.8, 4) is 0 Å². The van der Waals surface area contributed by atoms with Crippen LogP contribution >= 0.6 is 0 Å². The summed E-state index contributed by atoms with van der Waals surface area (Å²) >= 11 is 0. The maximum Gasteiger partial charge on any atom is 0.256 e.